The molecule has 3 aliphatic rings. The topological polar surface area (TPSA) is 78.4 Å². The lowest BCUT2D eigenvalue weighted by Gasteiger charge is -2.27. The van der Waals surface area contributed by atoms with Gasteiger partial charge in [0.05, 0.1) is 5.92 Å². The number of aliphatic carboxylic acids is 1. The smallest absolute Gasteiger partial charge is 0.315 e. The molecule has 3 saturated carbocycles. The first-order chi connectivity index (χ1) is 11.1. The molecule has 0 spiro atoms. The second-order valence-electron chi connectivity index (χ2n) is 7.80. The fourth-order valence-corrected chi connectivity index (χ4v) is 4.59. The van der Waals surface area contributed by atoms with Crippen molar-refractivity contribution in [2.75, 3.05) is 6.54 Å². The average molecular weight is 322 g/mol. The van der Waals surface area contributed by atoms with Gasteiger partial charge in [-0.05, 0) is 49.9 Å². The van der Waals surface area contributed by atoms with Crippen molar-refractivity contribution in [1.29, 1.82) is 0 Å². The zero-order chi connectivity index (χ0) is 16.2. The van der Waals surface area contributed by atoms with E-state index in [-0.39, 0.29) is 18.0 Å². The minimum Gasteiger partial charge on any atom is -0.481 e. The molecule has 0 saturated heterocycles. The monoisotopic (exact) mass is 322 g/mol. The third kappa shape index (κ3) is 4.61. The molecule has 130 valence electrons. The highest BCUT2D eigenvalue weighted by Gasteiger charge is 2.42. The van der Waals surface area contributed by atoms with Crippen LogP contribution in [0.2, 0.25) is 0 Å². The number of hydrogen-bond donors (Lipinski definition) is 3. The van der Waals surface area contributed by atoms with E-state index in [0.29, 0.717) is 18.8 Å². The predicted molar refractivity (Wildman–Crippen MR) is 88.1 cm³/mol. The van der Waals surface area contributed by atoms with Crippen molar-refractivity contribution in [3.05, 3.63) is 0 Å². The van der Waals surface area contributed by atoms with E-state index in [9.17, 15) is 9.59 Å². The van der Waals surface area contributed by atoms with E-state index < -0.39 is 5.97 Å². The number of urea groups is 1. The highest BCUT2D eigenvalue weighted by atomic mass is 16.4. The molecule has 0 bridgehead atoms. The second-order valence-corrected chi connectivity index (χ2v) is 7.80. The first-order valence-electron chi connectivity index (χ1n) is 9.40. The first-order valence-corrected chi connectivity index (χ1v) is 9.40. The lowest BCUT2D eigenvalue weighted by atomic mass is 9.85. The van der Waals surface area contributed by atoms with E-state index >= 15 is 0 Å². The summed E-state index contributed by atoms with van der Waals surface area (Å²) in [6, 6.07) is 0.0667. The summed E-state index contributed by atoms with van der Waals surface area (Å²) in [5, 5.41) is 15.0. The quantitative estimate of drug-likeness (QED) is 0.727. The molecular formula is C18H30N2O3. The van der Waals surface area contributed by atoms with Gasteiger partial charge >= 0.3 is 12.0 Å². The Hall–Kier alpha value is -1.26. The molecule has 5 heteroatoms. The normalized spacial score (nSPS) is 34.6. The van der Waals surface area contributed by atoms with Gasteiger partial charge in [-0.2, -0.15) is 0 Å². The van der Waals surface area contributed by atoms with Crippen molar-refractivity contribution in [2.45, 2.75) is 70.3 Å². The molecular weight excluding hydrogens is 292 g/mol. The van der Waals surface area contributed by atoms with Crippen molar-refractivity contribution >= 4 is 12.0 Å². The molecule has 5 nitrogen and oxygen atoms in total. The van der Waals surface area contributed by atoms with E-state index in [1.54, 1.807) is 0 Å². The molecule has 0 unspecified atom stereocenters. The van der Waals surface area contributed by atoms with Crippen LogP contribution in [-0.4, -0.2) is 29.7 Å². The largest absolute Gasteiger partial charge is 0.481 e. The minimum absolute atomic E-state index is 0.0712. The highest BCUT2D eigenvalue weighted by Crippen LogP contribution is 2.48. The van der Waals surface area contributed by atoms with Gasteiger partial charge < -0.3 is 15.7 Å². The van der Waals surface area contributed by atoms with Gasteiger partial charge in [-0.15, -0.1) is 0 Å². The fraction of sp³-hybridized carbons (Fsp3) is 0.889. The maximum absolute atomic E-state index is 12.0. The van der Waals surface area contributed by atoms with E-state index in [1.807, 2.05) is 0 Å². The van der Waals surface area contributed by atoms with Crippen molar-refractivity contribution in [3.63, 3.8) is 0 Å². The summed E-state index contributed by atoms with van der Waals surface area (Å²) in [7, 11) is 0. The predicted octanol–water partition coefficient (Wildman–Crippen LogP) is 3.15. The van der Waals surface area contributed by atoms with Crippen LogP contribution in [0, 0.1) is 23.7 Å². The third-order valence-corrected chi connectivity index (χ3v) is 6.17. The lowest BCUT2D eigenvalue weighted by molar-refractivity contribution is -0.142. The van der Waals surface area contributed by atoms with E-state index in [2.05, 4.69) is 10.6 Å². The average Bonchev–Trinajstić information content (AvgIpc) is 3.34. The van der Waals surface area contributed by atoms with Crippen LogP contribution < -0.4 is 10.6 Å². The van der Waals surface area contributed by atoms with Crippen LogP contribution in [0.5, 0.6) is 0 Å². The SMILES string of the molecule is O=C(NC[C@@H]1C[C@H]1C1CCCCC1)NC1CCC(C(=O)O)CC1. The molecule has 0 aliphatic heterocycles. The van der Waals surface area contributed by atoms with Crippen LogP contribution >= 0.6 is 0 Å². The van der Waals surface area contributed by atoms with Gasteiger partial charge in [0.15, 0.2) is 0 Å². The van der Waals surface area contributed by atoms with Crippen LogP contribution in [0.25, 0.3) is 0 Å². The van der Waals surface area contributed by atoms with Gasteiger partial charge in [-0.25, -0.2) is 4.79 Å². The molecule has 0 aromatic carbocycles. The van der Waals surface area contributed by atoms with Crippen molar-refractivity contribution in [2.24, 2.45) is 23.7 Å². The molecule has 3 N–H and O–H groups in total. The number of carboxylic acids is 1. The summed E-state index contributed by atoms with van der Waals surface area (Å²) in [6.07, 6.45) is 11.1. The summed E-state index contributed by atoms with van der Waals surface area (Å²) in [5.74, 6) is 1.52. The molecule has 0 aromatic heterocycles. The van der Waals surface area contributed by atoms with Gasteiger partial charge in [-0.3, -0.25) is 4.79 Å². The van der Waals surface area contributed by atoms with Gasteiger partial charge in [0.1, 0.15) is 0 Å². The number of nitrogens with one attached hydrogen (secondary N) is 2. The molecule has 2 atom stereocenters. The standard InChI is InChI=1S/C18H30N2O3/c21-17(22)13-6-8-15(9-7-13)20-18(23)19-11-14-10-16(14)12-4-2-1-3-5-12/h12-16H,1-11H2,(H,21,22)(H2,19,20,23)/t13?,14-,15?,16-/m0/s1. The Bertz CT molecular complexity index is 426. The molecule has 23 heavy (non-hydrogen) atoms. The van der Waals surface area contributed by atoms with Crippen LogP contribution in [0.4, 0.5) is 4.79 Å². The lowest BCUT2D eigenvalue weighted by Crippen LogP contribution is -2.44. The molecule has 0 aromatic rings. The Balaban J connectivity index is 1.29. The van der Waals surface area contributed by atoms with E-state index in [1.165, 1.54) is 38.5 Å². The van der Waals surface area contributed by atoms with Gasteiger partial charge in [0.2, 0.25) is 0 Å². The maximum atomic E-state index is 12.0. The van der Waals surface area contributed by atoms with Crippen molar-refractivity contribution < 1.29 is 14.7 Å². The Labute approximate surface area is 138 Å². The molecule has 2 amide bonds. The van der Waals surface area contributed by atoms with Gasteiger partial charge in [0.25, 0.3) is 0 Å². The molecule has 3 fully saturated rings. The van der Waals surface area contributed by atoms with E-state index in [4.69, 9.17) is 5.11 Å². The highest BCUT2D eigenvalue weighted by molar-refractivity contribution is 5.74. The molecule has 0 heterocycles. The number of rotatable bonds is 5. The Morgan fingerprint density at radius 1 is 0.957 bits per heavy atom. The molecule has 3 aliphatic carbocycles. The van der Waals surface area contributed by atoms with Crippen LogP contribution in [-0.2, 0) is 4.79 Å². The fourth-order valence-electron chi connectivity index (χ4n) is 4.59. The number of hydrogen-bond acceptors (Lipinski definition) is 2. The van der Waals surface area contributed by atoms with Crippen LogP contribution in [0.3, 0.4) is 0 Å². The second kappa shape index (κ2) is 7.54. The summed E-state index contributed by atoms with van der Waals surface area (Å²) >= 11 is 0. The summed E-state index contributed by atoms with van der Waals surface area (Å²) in [5.41, 5.74) is 0. The minimum atomic E-state index is -0.699. The maximum Gasteiger partial charge on any atom is 0.315 e. The Morgan fingerprint density at radius 2 is 1.65 bits per heavy atom. The number of carbonyl (C=O) groups excluding carboxylic acids is 1. The van der Waals surface area contributed by atoms with Gasteiger partial charge in [0, 0.05) is 12.6 Å². The van der Waals surface area contributed by atoms with Crippen molar-refractivity contribution in [1.82, 2.24) is 10.6 Å². The van der Waals surface area contributed by atoms with Crippen LogP contribution in [0.1, 0.15) is 64.2 Å². The zero-order valence-corrected chi connectivity index (χ0v) is 13.9. The van der Waals surface area contributed by atoms with Gasteiger partial charge in [-0.1, -0.05) is 32.1 Å². The number of carboxylic acid groups (broad SMARTS) is 1. The number of amides is 2. The van der Waals surface area contributed by atoms with Crippen LogP contribution in [0.15, 0.2) is 0 Å². The summed E-state index contributed by atoms with van der Waals surface area (Å²) < 4.78 is 0. The Kier molecular flexibility index (Phi) is 5.44. The zero-order valence-electron chi connectivity index (χ0n) is 13.9. The third-order valence-electron chi connectivity index (χ3n) is 6.17. The van der Waals surface area contributed by atoms with E-state index in [0.717, 1.165) is 31.2 Å². The first kappa shape index (κ1) is 16.6. The molecule has 0 radical (unpaired) electrons. The molecule has 3 rings (SSSR count). The summed E-state index contributed by atoms with van der Waals surface area (Å²) in [6.45, 7) is 0.803. The number of carbonyl (C=O) groups is 2. The van der Waals surface area contributed by atoms with Crippen molar-refractivity contribution in [3.8, 4) is 0 Å². The summed E-state index contributed by atoms with van der Waals surface area (Å²) in [4.78, 5) is 22.9. The Morgan fingerprint density at radius 3 is 2.30 bits per heavy atom.